The minimum atomic E-state index is -0.450. The zero-order chi connectivity index (χ0) is 22.0. The van der Waals surface area contributed by atoms with E-state index in [1.54, 1.807) is 14.2 Å². The van der Waals surface area contributed by atoms with Gasteiger partial charge in [0.25, 0.3) is 5.69 Å². The van der Waals surface area contributed by atoms with Gasteiger partial charge >= 0.3 is 0 Å². The molecule has 1 aromatic heterocycles. The summed E-state index contributed by atoms with van der Waals surface area (Å²) in [7, 11) is 3.20. The summed E-state index contributed by atoms with van der Waals surface area (Å²) in [5.41, 5.74) is 3.29. The molecular weight excluding hydrogens is 418 g/mol. The predicted octanol–water partition coefficient (Wildman–Crippen LogP) is 5.99. The van der Waals surface area contributed by atoms with E-state index in [0.717, 1.165) is 28.3 Å². The molecule has 4 rings (SSSR count). The van der Waals surface area contributed by atoms with Gasteiger partial charge in [0.1, 0.15) is 17.3 Å². The van der Waals surface area contributed by atoms with Gasteiger partial charge in [0, 0.05) is 22.2 Å². The summed E-state index contributed by atoms with van der Waals surface area (Å²) in [5.74, 6) is 1.79. The lowest BCUT2D eigenvalue weighted by molar-refractivity contribution is -0.384. The van der Waals surface area contributed by atoms with Crippen LogP contribution >= 0.6 is 11.6 Å². The summed E-state index contributed by atoms with van der Waals surface area (Å²) >= 11 is 6.13. The third-order valence-electron chi connectivity index (χ3n) is 4.86. The van der Waals surface area contributed by atoms with Gasteiger partial charge in [0.05, 0.1) is 36.1 Å². The lowest BCUT2D eigenvalue weighted by Gasteiger charge is -2.06. The maximum absolute atomic E-state index is 11.6. The van der Waals surface area contributed by atoms with Crippen molar-refractivity contribution in [3.05, 3.63) is 81.9 Å². The van der Waals surface area contributed by atoms with Crippen LogP contribution in [0.5, 0.6) is 11.5 Å². The normalized spacial score (nSPS) is 10.7. The van der Waals surface area contributed by atoms with Gasteiger partial charge in [-0.3, -0.25) is 10.1 Å². The van der Waals surface area contributed by atoms with Crippen molar-refractivity contribution >= 4 is 17.3 Å². The number of aromatic nitrogens is 2. The van der Waals surface area contributed by atoms with E-state index in [9.17, 15) is 10.1 Å². The Morgan fingerprint density at radius 3 is 2.03 bits per heavy atom. The van der Waals surface area contributed by atoms with Gasteiger partial charge in [-0.05, 0) is 60.7 Å². The number of aromatic amines is 1. The van der Waals surface area contributed by atoms with Crippen molar-refractivity contribution in [2.75, 3.05) is 14.2 Å². The second-order valence-electron chi connectivity index (χ2n) is 6.68. The Balaban J connectivity index is 1.92. The second kappa shape index (κ2) is 8.49. The highest BCUT2D eigenvalue weighted by molar-refractivity contribution is 6.31. The first-order valence-corrected chi connectivity index (χ1v) is 9.71. The lowest BCUT2D eigenvalue weighted by Crippen LogP contribution is -1.93. The molecule has 0 bridgehead atoms. The average Bonchev–Trinajstić information content (AvgIpc) is 3.24. The van der Waals surface area contributed by atoms with Gasteiger partial charge in [-0.25, -0.2) is 4.98 Å². The maximum atomic E-state index is 11.6. The number of nitro benzene ring substituents is 1. The van der Waals surface area contributed by atoms with E-state index in [2.05, 4.69) is 4.98 Å². The van der Waals surface area contributed by atoms with Gasteiger partial charge < -0.3 is 14.5 Å². The van der Waals surface area contributed by atoms with Gasteiger partial charge in [0.2, 0.25) is 0 Å². The van der Waals surface area contributed by atoms with Crippen LogP contribution in [0.2, 0.25) is 5.02 Å². The number of H-pyrrole nitrogens is 1. The Kier molecular flexibility index (Phi) is 5.60. The van der Waals surface area contributed by atoms with Crippen LogP contribution in [0.4, 0.5) is 5.69 Å². The van der Waals surface area contributed by atoms with E-state index >= 15 is 0 Å². The molecule has 0 spiro atoms. The summed E-state index contributed by atoms with van der Waals surface area (Å²) in [6.07, 6.45) is 0. The molecule has 0 saturated heterocycles. The first kappa shape index (κ1) is 20.4. The molecule has 0 amide bonds. The van der Waals surface area contributed by atoms with Gasteiger partial charge in [0.15, 0.2) is 0 Å². The third kappa shape index (κ3) is 4.08. The smallest absolute Gasteiger partial charge is 0.280 e. The highest BCUT2D eigenvalue weighted by Crippen LogP contribution is 2.37. The summed E-state index contributed by atoms with van der Waals surface area (Å²) in [4.78, 5) is 19.1. The average molecular weight is 436 g/mol. The van der Waals surface area contributed by atoms with Crippen molar-refractivity contribution < 1.29 is 14.4 Å². The summed E-state index contributed by atoms with van der Waals surface area (Å²) in [5, 5.41) is 12.0. The molecule has 0 aliphatic rings. The van der Waals surface area contributed by atoms with Crippen LogP contribution in [-0.4, -0.2) is 29.1 Å². The van der Waals surface area contributed by atoms with E-state index < -0.39 is 4.92 Å². The fourth-order valence-electron chi connectivity index (χ4n) is 3.28. The van der Waals surface area contributed by atoms with E-state index in [-0.39, 0.29) is 5.69 Å². The van der Waals surface area contributed by atoms with E-state index in [1.807, 2.05) is 48.5 Å². The largest absolute Gasteiger partial charge is 0.497 e. The van der Waals surface area contributed by atoms with Gasteiger partial charge in [-0.15, -0.1) is 0 Å². The molecule has 0 unspecified atom stereocenters. The van der Waals surface area contributed by atoms with Crippen LogP contribution in [0.25, 0.3) is 33.9 Å². The monoisotopic (exact) mass is 435 g/mol. The molecule has 4 aromatic rings. The quantitative estimate of drug-likeness (QED) is 0.296. The van der Waals surface area contributed by atoms with Crippen molar-refractivity contribution in [1.29, 1.82) is 0 Å². The van der Waals surface area contributed by atoms with Crippen molar-refractivity contribution in [1.82, 2.24) is 9.97 Å². The van der Waals surface area contributed by atoms with Crippen LogP contribution < -0.4 is 9.47 Å². The van der Waals surface area contributed by atoms with Crippen molar-refractivity contribution in [2.45, 2.75) is 0 Å². The number of methoxy groups -OCH3 is 2. The SMILES string of the molecule is COc1ccc(-c2nc(-c3cc(Cl)ccc3[N+](=O)[O-])[nH]c2-c2ccc(OC)cc2)cc1. The lowest BCUT2D eigenvalue weighted by atomic mass is 10.0. The number of halogens is 1. The second-order valence-corrected chi connectivity index (χ2v) is 7.12. The first-order chi connectivity index (χ1) is 15.0. The molecule has 0 aliphatic heterocycles. The minimum Gasteiger partial charge on any atom is -0.497 e. The zero-order valence-electron chi connectivity index (χ0n) is 16.8. The number of nitrogens with one attached hydrogen (secondary N) is 1. The fourth-order valence-corrected chi connectivity index (χ4v) is 3.45. The minimum absolute atomic E-state index is 0.0827. The van der Waals surface area contributed by atoms with E-state index in [0.29, 0.717) is 22.1 Å². The fraction of sp³-hybridized carbons (Fsp3) is 0.0870. The maximum Gasteiger partial charge on any atom is 0.280 e. The third-order valence-corrected chi connectivity index (χ3v) is 5.09. The number of rotatable bonds is 6. The predicted molar refractivity (Wildman–Crippen MR) is 120 cm³/mol. The molecule has 1 heterocycles. The standard InChI is InChI=1S/C23H18ClN3O4/c1-30-17-8-3-14(4-9-17)21-22(15-5-10-18(31-2)11-6-15)26-23(25-21)19-13-16(24)7-12-20(19)27(28)29/h3-13H,1-2H3,(H,25,26). The van der Waals surface area contributed by atoms with Crippen LogP contribution in [0.15, 0.2) is 66.7 Å². The van der Waals surface area contributed by atoms with E-state index in [1.165, 1.54) is 18.2 Å². The molecule has 0 radical (unpaired) electrons. The summed E-state index contributed by atoms with van der Waals surface area (Å²) in [6.45, 7) is 0. The Hall–Kier alpha value is -3.84. The molecule has 7 nitrogen and oxygen atoms in total. The highest BCUT2D eigenvalue weighted by Gasteiger charge is 2.22. The zero-order valence-corrected chi connectivity index (χ0v) is 17.5. The van der Waals surface area contributed by atoms with Gasteiger partial charge in [-0.2, -0.15) is 0 Å². The molecule has 3 aromatic carbocycles. The van der Waals surface area contributed by atoms with Crippen molar-refractivity contribution in [2.24, 2.45) is 0 Å². The Morgan fingerprint density at radius 1 is 0.903 bits per heavy atom. The van der Waals surface area contributed by atoms with Crippen molar-refractivity contribution in [3.63, 3.8) is 0 Å². The Labute approximate surface area is 183 Å². The summed E-state index contributed by atoms with van der Waals surface area (Å²) < 4.78 is 10.5. The number of benzene rings is 3. The van der Waals surface area contributed by atoms with Crippen LogP contribution in [0, 0.1) is 10.1 Å². The molecule has 8 heteroatoms. The Morgan fingerprint density at radius 2 is 1.48 bits per heavy atom. The molecule has 31 heavy (non-hydrogen) atoms. The van der Waals surface area contributed by atoms with Crippen LogP contribution in [0.1, 0.15) is 0 Å². The topological polar surface area (TPSA) is 90.3 Å². The number of hydrogen-bond acceptors (Lipinski definition) is 5. The first-order valence-electron chi connectivity index (χ1n) is 9.33. The number of nitro groups is 1. The van der Waals surface area contributed by atoms with Crippen molar-refractivity contribution in [3.8, 4) is 45.4 Å². The number of ether oxygens (including phenoxy) is 2. The summed E-state index contributed by atoms with van der Waals surface area (Å²) in [6, 6.07) is 19.3. The Bertz CT molecular complexity index is 1170. The molecule has 0 fully saturated rings. The number of nitrogens with zero attached hydrogens (tertiary/aromatic N) is 2. The molecule has 156 valence electrons. The van der Waals surface area contributed by atoms with Gasteiger partial charge in [-0.1, -0.05) is 11.6 Å². The van der Waals surface area contributed by atoms with Crippen LogP contribution in [0.3, 0.4) is 0 Å². The van der Waals surface area contributed by atoms with E-state index in [4.69, 9.17) is 26.1 Å². The molecule has 0 aliphatic carbocycles. The van der Waals surface area contributed by atoms with Crippen LogP contribution in [-0.2, 0) is 0 Å². The number of imidazole rings is 1. The number of hydrogen-bond donors (Lipinski definition) is 1. The molecule has 1 N–H and O–H groups in total. The molecule has 0 saturated carbocycles. The molecule has 0 atom stereocenters. The highest BCUT2D eigenvalue weighted by atomic mass is 35.5. The molecular formula is C23H18ClN3O4.